The molecule has 0 saturated heterocycles. The molecule has 1 N–H and O–H groups in total. The highest BCUT2D eigenvalue weighted by atomic mass is 32.1. The summed E-state index contributed by atoms with van der Waals surface area (Å²) in [4.78, 5) is 4.53. The van der Waals surface area contributed by atoms with E-state index in [2.05, 4.69) is 36.5 Å². The molecule has 1 aromatic heterocycles. The summed E-state index contributed by atoms with van der Waals surface area (Å²) in [6.45, 7) is 7.57. The van der Waals surface area contributed by atoms with Crippen molar-refractivity contribution in [2.45, 2.75) is 26.7 Å². The predicted molar refractivity (Wildman–Crippen MR) is 58.4 cm³/mol. The van der Waals surface area contributed by atoms with Crippen LogP contribution in [0.15, 0.2) is 5.38 Å². The number of hydrogen-bond donors (Lipinski definition) is 1. The molecule has 1 aromatic rings. The molecule has 1 heterocycles. The van der Waals surface area contributed by atoms with Crippen LogP contribution in [0.5, 0.6) is 0 Å². The lowest BCUT2D eigenvalue weighted by Gasteiger charge is -2.17. The van der Waals surface area contributed by atoms with Gasteiger partial charge >= 0.3 is 0 Å². The lowest BCUT2D eigenvalue weighted by molar-refractivity contribution is 0.470. The number of likely N-dealkylation sites (N-methyl/N-ethyl adjacent to an activating group) is 1. The normalized spacial score (nSPS) is 13.6. The van der Waals surface area contributed by atoms with Crippen molar-refractivity contribution >= 4 is 11.3 Å². The molecule has 13 heavy (non-hydrogen) atoms. The van der Waals surface area contributed by atoms with E-state index in [9.17, 15) is 0 Å². The highest BCUT2D eigenvalue weighted by Gasteiger charge is 2.17. The maximum absolute atomic E-state index is 4.53. The molecule has 3 heteroatoms. The van der Waals surface area contributed by atoms with Crippen molar-refractivity contribution < 1.29 is 0 Å². The van der Waals surface area contributed by atoms with E-state index in [0.717, 1.165) is 11.6 Å². The largest absolute Gasteiger partial charge is 0.319 e. The van der Waals surface area contributed by atoms with Gasteiger partial charge in [-0.25, -0.2) is 4.98 Å². The van der Waals surface area contributed by atoms with Crippen LogP contribution in [0.25, 0.3) is 0 Å². The monoisotopic (exact) mass is 198 g/mol. The fourth-order valence-electron chi connectivity index (χ4n) is 1.45. The van der Waals surface area contributed by atoms with Crippen LogP contribution < -0.4 is 5.32 Å². The van der Waals surface area contributed by atoms with Gasteiger partial charge in [-0.2, -0.15) is 0 Å². The predicted octanol–water partition coefficient (Wildman–Crippen LogP) is 2.41. The molecule has 1 rings (SSSR count). The Morgan fingerprint density at radius 2 is 2.23 bits per heavy atom. The fourth-order valence-corrected chi connectivity index (χ4v) is 2.13. The van der Waals surface area contributed by atoms with E-state index in [1.165, 1.54) is 5.69 Å². The molecule has 0 aliphatic rings. The zero-order chi connectivity index (χ0) is 9.84. The maximum Gasteiger partial charge on any atom is 0.0897 e. The third kappa shape index (κ3) is 2.78. The number of nitrogens with one attached hydrogen (secondary N) is 1. The molecule has 0 spiro atoms. The van der Waals surface area contributed by atoms with Gasteiger partial charge in [0, 0.05) is 17.8 Å². The smallest absolute Gasteiger partial charge is 0.0897 e. The Hall–Kier alpha value is -0.410. The minimum Gasteiger partial charge on any atom is -0.319 e. The molecule has 0 aliphatic heterocycles. The lowest BCUT2D eigenvalue weighted by atomic mass is 9.93. The fraction of sp³-hybridized carbons (Fsp3) is 0.700. The van der Waals surface area contributed by atoms with Gasteiger partial charge in [0.05, 0.1) is 10.7 Å². The molecule has 74 valence electrons. The van der Waals surface area contributed by atoms with Crippen molar-refractivity contribution in [3.05, 3.63) is 16.1 Å². The van der Waals surface area contributed by atoms with Crippen LogP contribution in [0.4, 0.5) is 0 Å². The van der Waals surface area contributed by atoms with Gasteiger partial charge in [-0.05, 0) is 19.9 Å². The standard InChI is InChI=1S/C10H18N2S/c1-7(2)9(5-11-4)10-6-13-8(3)12-10/h6-7,9,11H,5H2,1-4H3. The van der Waals surface area contributed by atoms with Crippen LogP contribution in [0.3, 0.4) is 0 Å². The van der Waals surface area contributed by atoms with Crippen molar-refractivity contribution in [1.29, 1.82) is 0 Å². The minimum absolute atomic E-state index is 0.551. The van der Waals surface area contributed by atoms with Crippen molar-refractivity contribution in [2.24, 2.45) is 5.92 Å². The van der Waals surface area contributed by atoms with Gasteiger partial charge < -0.3 is 5.32 Å². The molecular formula is C10H18N2S. The number of thiazole rings is 1. The van der Waals surface area contributed by atoms with Crippen LogP contribution in [0.1, 0.15) is 30.5 Å². The molecule has 0 bridgehead atoms. The van der Waals surface area contributed by atoms with Gasteiger partial charge in [0.15, 0.2) is 0 Å². The van der Waals surface area contributed by atoms with Crippen LogP contribution in [0.2, 0.25) is 0 Å². The van der Waals surface area contributed by atoms with Crippen molar-refractivity contribution in [3.63, 3.8) is 0 Å². The van der Waals surface area contributed by atoms with Crippen LogP contribution in [0, 0.1) is 12.8 Å². The minimum atomic E-state index is 0.551. The van der Waals surface area contributed by atoms with Gasteiger partial charge in [0.25, 0.3) is 0 Å². The van der Waals surface area contributed by atoms with E-state index >= 15 is 0 Å². The summed E-state index contributed by atoms with van der Waals surface area (Å²) in [5.74, 6) is 1.20. The van der Waals surface area contributed by atoms with E-state index in [-0.39, 0.29) is 0 Å². The third-order valence-corrected chi connectivity index (χ3v) is 3.04. The molecule has 0 radical (unpaired) electrons. The zero-order valence-electron chi connectivity index (χ0n) is 8.79. The average Bonchev–Trinajstić information content (AvgIpc) is 2.46. The number of nitrogens with zero attached hydrogens (tertiary/aromatic N) is 1. The Balaban J connectivity index is 2.75. The molecule has 2 nitrogen and oxygen atoms in total. The Bertz CT molecular complexity index is 255. The van der Waals surface area contributed by atoms with Gasteiger partial charge in [0.1, 0.15) is 0 Å². The first-order valence-electron chi connectivity index (χ1n) is 4.71. The molecule has 0 fully saturated rings. The first kappa shape index (κ1) is 10.7. The van der Waals surface area contributed by atoms with E-state index in [0.29, 0.717) is 11.8 Å². The van der Waals surface area contributed by atoms with Gasteiger partial charge in [-0.3, -0.25) is 0 Å². The quantitative estimate of drug-likeness (QED) is 0.803. The second kappa shape index (κ2) is 4.72. The Morgan fingerprint density at radius 1 is 1.54 bits per heavy atom. The first-order valence-corrected chi connectivity index (χ1v) is 5.59. The highest BCUT2D eigenvalue weighted by molar-refractivity contribution is 7.09. The molecule has 1 unspecified atom stereocenters. The summed E-state index contributed by atoms with van der Waals surface area (Å²) in [5, 5.41) is 6.56. The van der Waals surface area contributed by atoms with Gasteiger partial charge in [0.2, 0.25) is 0 Å². The van der Waals surface area contributed by atoms with Crippen LogP contribution >= 0.6 is 11.3 Å². The Labute approximate surface area is 84.4 Å². The molecule has 0 amide bonds. The van der Waals surface area contributed by atoms with Crippen molar-refractivity contribution in [3.8, 4) is 0 Å². The summed E-state index contributed by atoms with van der Waals surface area (Å²) in [5.41, 5.74) is 1.24. The van der Waals surface area contributed by atoms with Crippen LogP contribution in [-0.4, -0.2) is 18.6 Å². The van der Waals surface area contributed by atoms with Gasteiger partial charge in [-0.15, -0.1) is 11.3 Å². The Kier molecular flexibility index (Phi) is 3.88. The molecule has 0 saturated carbocycles. The summed E-state index contributed by atoms with van der Waals surface area (Å²) in [6.07, 6.45) is 0. The molecule has 1 atom stereocenters. The SMILES string of the molecule is CNCC(c1csc(C)n1)C(C)C. The van der Waals surface area contributed by atoms with Crippen LogP contribution in [-0.2, 0) is 0 Å². The second-order valence-corrected chi connectivity index (χ2v) is 4.76. The number of aryl methyl sites for hydroxylation is 1. The number of rotatable bonds is 4. The van der Waals surface area contributed by atoms with E-state index in [4.69, 9.17) is 0 Å². The molecule has 0 aliphatic carbocycles. The lowest BCUT2D eigenvalue weighted by Crippen LogP contribution is -2.21. The average molecular weight is 198 g/mol. The maximum atomic E-state index is 4.53. The zero-order valence-corrected chi connectivity index (χ0v) is 9.61. The summed E-state index contributed by atoms with van der Waals surface area (Å²) in [6, 6.07) is 0. The number of aromatic nitrogens is 1. The summed E-state index contributed by atoms with van der Waals surface area (Å²) >= 11 is 1.74. The van der Waals surface area contributed by atoms with E-state index in [1.54, 1.807) is 11.3 Å². The number of hydrogen-bond acceptors (Lipinski definition) is 3. The summed E-state index contributed by atoms with van der Waals surface area (Å²) in [7, 11) is 1.99. The third-order valence-electron chi connectivity index (χ3n) is 2.25. The topological polar surface area (TPSA) is 24.9 Å². The van der Waals surface area contributed by atoms with E-state index < -0.39 is 0 Å². The molecular weight excluding hydrogens is 180 g/mol. The van der Waals surface area contributed by atoms with E-state index in [1.807, 2.05) is 7.05 Å². The molecule has 0 aromatic carbocycles. The summed E-state index contributed by atoms with van der Waals surface area (Å²) < 4.78 is 0. The Morgan fingerprint density at radius 3 is 2.62 bits per heavy atom. The van der Waals surface area contributed by atoms with Crippen molar-refractivity contribution in [2.75, 3.05) is 13.6 Å². The van der Waals surface area contributed by atoms with Gasteiger partial charge in [-0.1, -0.05) is 13.8 Å². The van der Waals surface area contributed by atoms with Crippen molar-refractivity contribution in [1.82, 2.24) is 10.3 Å². The second-order valence-electron chi connectivity index (χ2n) is 3.70. The highest BCUT2D eigenvalue weighted by Crippen LogP contribution is 2.24. The first-order chi connectivity index (χ1) is 6.15.